The minimum atomic E-state index is -0.460. The van der Waals surface area contributed by atoms with E-state index in [1.807, 2.05) is 0 Å². The maximum Gasteiger partial charge on any atom is 0.269 e. The van der Waals surface area contributed by atoms with Crippen LogP contribution in [0.4, 0.5) is 11.6 Å². The summed E-state index contributed by atoms with van der Waals surface area (Å²) in [6.45, 7) is 0.0439. The molecule has 3 rings (SSSR count). The van der Waals surface area contributed by atoms with Crippen molar-refractivity contribution in [3.8, 4) is 5.75 Å². The average molecular weight is 396 g/mol. The molecule has 0 atom stereocenters. The first kappa shape index (κ1) is 19.4. The summed E-state index contributed by atoms with van der Waals surface area (Å²) >= 11 is 0. The highest BCUT2D eigenvalue weighted by Crippen LogP contribution is 2.19. The Kier molecular flexibility index (Phi) is 6.05. The number of rotatable bonds is 8. The third-order valence-electron chi connectivity index (χ3n) is 3.71. The molecule has 0 aliphatic carbocycles. The van der Waals surface area contributed by atoms with E-state index in [4.69, 9.17) is 10.5 Å². The molecule has 1 aromatic heterocycles. The predicted octanol–water partition coefficient (Wildman–Crippen LogP) is 0.893. The first-order valence-corrected chi connectivity index (χ1v) is 8.31. The second kappa shape index (κ2) is 9.03. The van der Waals surface area contributed by atoms with E-state index in [0.717, 1.165) is 10.2 Å². The highest BCUT2D eigenvalue weighted by molar-refractivity contribution is 5.85. The smallest absolute Gasteiger partial charge is 0.269 e. The topological polar surface area (TPSA) is 163 Å². The van der Waals surface area contributed by atoms with Gasteiger partial charge < -0.3 is 10.5 Å². The number of amides is 1. The van der Waals surface area contributed by atoms with Crippen molar-refractivity contribution in [3.05, 3.63) is 69.8 Å². The van der Waals surface area contributed by atoms with Crippen molar-refractivity contribution in [3.63, 3.8) is 0 Å². The second-order valence-corrected chi connectivity index (χ2v) is 5.74. The first-order valence-electron chi connectivity index (χ1n) is 8.31. The standard InChI is InChI=1S/C17H16N8O4/c18-17-21-22-23-24(17)10-16(26)20-19-9-13-3-1-2-4-15(13)29-11-12-5-7-14(8-6-12)25(27)28/h1-9H,10-11H2,(H,20,26)(H2,18,21,23)/b19-9-. The maximum atomic E-state index is 11.8. The third kappa shape index (κ3) is 5.32. The number of nitrogens with one attached hydrogen (secondary N) is 1. The molecule has 3 aromatic rings. The van der Waals surface area contributed by atoms with Crippen LogP contribution >= 0.6 is 0 Å². The van der Waals surface area contributed by atoms with Gasteiger partial charge in [-0.05, 0) is 40.3 Å². The largest absolute Gasteiger partial charge is 0.488 e. The molecular formula is C17H16N8O4. The van der Waals surface area contributed by atoms with Crippen LogP contribution < -0.4 is 15.9 Å². The molecule has 1 amide bonds. The normalized spacial score (nSPS) is 10.8. The van der Waals surface area contributed by atoms with E-state index in [9.17, 15) is 14.9 Å². The number of para-hydroxylation sites is 1. The number of hydrogen-bond acceptors (Lipinski definition) is 9. The average Bonchev–Trinajstić information content (AvgIpc) is 3.12. The highest BCUT2D eigenvalue weighted by Gasteiger charge is 2.08. The number of nitrogen functional groups attached to an aromatic ring is 1. The minimum Gasteiger partial charge on any atom is -0.488 e. The molecule has 0 aliphatic heterocycles. The molecule has 3 N–H and O–H groups in total. The molecule has 148 valence electrons. The summed E-state index contributed by atoms with van der Waals surface area (Å²) in [6, 6.07) is 13.2. The molecular weight excluding hydrogens is 380 g/mol. The number of nitrogens with zero attached hydrogens (tertiary/aromatic N) is 6. The van der Waals surface area contributed by atoms with E-state index >= 15 is 0 Å². The minimum absolute atomic E-state index is 0.0143. The molecule has 0 saturated carbocycles. The second-order valence-electron chi connectivity index (χ2n) is 5.74. The number of aromatic nitrogens is 4. The molecule has 0 saturated heterocycles. The molecule has 29 heavy (non-hydrogen) atoms. The number of anilines is 1. The Bertz CT molecular complexity index is 1030. The van der Waals surface area contributed by atoms with Crippen molar-refractivity contribution < 1.29 is 14.5 Å². The Balaban J connectivity index is 1.58. The van der Waals surface area contributed by atoms with Gasteiger partial charge in [-0.15, -0.1) is 0 Å². The number of tetrazole rings is 1. The fraction of sp³-hybridized carbons (Fsp3) is 0.118. The summed E-state index contributed by atoms with van der Waals surface area (Å²) in [5, 5.41) is 25.0. The first-order chi connectivity index (χ1) is 14.0. The van der Waals surface area contributed by atoms with Crippen molar-refractivity contribution in [2.75, 3.05) is 5.73 Å². The van der Waals surface area contributed by atoms with Gasteiger partial charge in [0.1, 0.15) is 18.9 Å². The lowest BCUT2D eigenvalue weighted by Crippen LogP contribution is -2.24. The lowest BCUT2D eigenvalue weighted by atomic mass is 10.2. The number of carbonyl (C=O) groups is 1. The Hall–Kier alpha value is -4.35. The summed E-state index contributed by atoms with van der Waals surface area (Å²) in [4.78, 5) is 22.1. The van der Waals surface area contributed by atoms with Gasteiger partial charge in [0.25, 0.3) is 11.6 Å². The number of nitro groups is 1. The molecule has 0 bridgehead atoms. The van der Waals surface area contributed by atoms with Crippen LogP contribution in [0, 0.1) is 10.1 Å². The summed E-state index contributed by atoms with van der Waals surface area (Å²) in [6.07, 6.45) is 1.44. The van der Waals surface area contributed by atoms with Crippen LogP contribution in [0.2, 0.25) is 0 Å². The predicted molar refractivity (Wildman–Crippen MR) is 102 cm³/mol. The summed E-state index contributed by atoms with van der Waals surface area (Å²) < 4.78 is 6.89. The van der Waals surface area contributed by atoms with Crippen LogP contribution in [-0.4, -0.2) is 37.3 Å². The van der Waals surface area contributed by atoms with E-state index in [0.29, 0.717) is 11.3 Å². The summed E-state index contributed by atoms with van der Waals surface area (Å²) in [7, 11) is 0. The number of carbonyl (C=O) groups excluding carboxylic acids is 1. The fourth-order valence-electron chi connectivity index (χ4n) is 2.26. The van der Waals surface area contributed by atoms with Gasteiger partial charge in [-0.2, -0.15) is 5.10 Å². The van der Waals surface area contributed by atoms with Gasteiger partial charge in [0, 0.05) is 17.7 Å². The van der Waals surface area contributed by atoms with Gasteiger partial charge in [-0.3, -0.25) is 14.9 Å². The zero-order chi connectivity index (χ0) is 20.6. The molecule has 0 unspecified atom stereocenters. The lowest BCUT2D eigenvalue weighted by Gasteiger charge is -2.09. The van der Waals surface area contributed by atoms with Crippen molar-refractivity contribution in [2.24, 2.45) is 5.10 Å². The number of hydrazone groups is 1. The molecule has 2 aromatic carbocycles. The van der Waals surface area contributed by atoms with E-state index in [1.54, 1.807) is 36.4 Å². The maximum absolute atomic E-state index is 11.8. The molecule has 12 nitrogen and oxygen atoms in total. The van der Waals surface area contributed by atoms with Gasteiger partial charge in [-0.1, -0.05) is 17.2 Å². The van der Waals surface area contributed by atoms with Crippen molar-refractivity contribution in [1.82, 2.24) is 25.6 Å². The van der Waals surface area contributed by atoms with Crippen molar-refractivity contribution >= 4 is 23.8 Å². The van der Waals surface area contributed by atoms with Gasteiger partial charge in [0.2, 0.25) is 5.95 Å². The quantitative estimate of drug-likeness (QED) is 0.322. The summed E-state index contributed by atoms with van der Waals surface area (Å²) in [5.41, 5.74) is 9.27. The molecule has 0 aliphatic rings. The number of nitro benzene ring substituents is 1. The van der Waals surface area contributed by atoms with Gasteiger partial charge in [-0.25, -0.2) is 10.1 Å². The molecule has 0 spiro atoms. The Labute approximate surface area is 164 Å². The SMILES string of the molecule is Nc1nnnn1CC(=O)N/N=C\c1ccccc1OCc1ccc([N+](=O)[O-])cc1. The Morgan fingerprint density at radius 2 is 2.03 bits per heavy atom. The van der Waals surface area contributed by atoms with E-state index in [2.05, 4.69) is 26.1 Å². The number of nitrogens with two attached hydrogens (primary N) is 1. The number of hydrogen-bond donors (Lipinski definition) is 2. The van der Waals surface area contributed by atoms with E-state index < -0.39 is 10.8 Å². The van der Waals surface area contributed by atoms with Crippen LogP contribution in [0.3, 0.4) is 0 Å². The van der Waals surface area contributed by atoms with Crippen LogP contribution in [0.5, 0.6) is 5.75 Å². The number of ether oxygens (including phenoxy) is 1. The van der Waals surface area contributed by atoms with Crippen molar-refractivity contribution in [2.45, 2.75) is 13.2 Å². The zero-order valence-electron chi connectivity index (χ0n) is 15.0. The molecule has 12 heteroatoms. The van der Waals surface area contributed by atoms with Crippen LogP contribution in [0.1, 0.15) is 11.1 Å². The fourth-order valence-corrected chi connectivity index (χ4v) is 2.26. The van der Waals surface area contributed by atoms with Gasteiger partial charge >= 0.3 is 0 Å². The van der Waals surface area contributed by atoms with Gasteiger partial charge in [0.05, 0.1) is 11.1 Å². The van der Waals surface area contributed by atoms with Gasteiger partial charge in [0.15, 0.2) is 0 Å². The molecule has 0 radical (unpaired) electrons. The number of benzene rings is 2. The molecule has 0 fully saturated rings. The van der Waals surface area contributed by atoms with Crippen LogP contribution in [0.15, 0.2) is 53.6 Å². The zero-order valence-corrected chi connectivity index (χ0v) is 15.0. The summed E-state index contributed by atoms with van der Waals surface area (Å²) in [5.74, 6) is 0.104. The Morgan fingerprint density at radius 3 is 2.72 bits per heavy atom. The molecule has 1 heterocycles. The monoisotopic (exact) mass is 396 g/mol. The third-order valence-corrected chi connectivity index (χ3v) is 3.71. The Morgan fingerprint density at radius 1 is 1.28 bits per heavy atom. The highest BCUT2D eigenvalue weighted by atomic mass is 16.6. The van der Waals surface area contributed by atoms with Crippen molar-refractivity contribution in [1.29, 1.82) is 0 Å². The van der Waals surface area contributed by atoms with E-state index in [1.165, 1.54) is 18.3 Å². The lowest BCUT2D eigenvalue weighted by molar-refractivity contribution is -0.384. The van der Waals surface area contributed by atoms with Crippen LogP contribution in [0.25, 0.3) is 0 Å². The van der Waals surface area contributed by atoms with E-state index in [-0.39, 0.29) is 24.8 Å². The van der Waals surface area contributed by atoms with Crippen LogP contribution in [-0.2, 0) is 17.9 Å². The number of non-ortho nitro benzene ring substituents is 1.